The summed E-state index contributed by atoms with van der Waals surface area (Å²) in [5.74, 6) is 0.580. The fourth-order valence-electron chi connectivity index (χ4n) is 9.79. The minimum absolute atomic E-state index is 0.0112. The summed E-state index contributed by atoms with van der Waals surface area (Å²) in [6.07, 6.45) is 11.3. The van der Waals surface area contributed by atoms with Gasteiger partial charge in [-0.05, 0) is 96.7 Å². The van der Waals surface area contributed by atoms with Crippen LogP contribution in [0.4, 0.5) is 0 Å². The molecule has 0 amide bonds. The number of hydrogen-bond donors (Lipinski definition) is 0. The largest absolute Gasteiger partial charge is 0.468 e. The van der Waals surface area contributed by atoms with Crippen molar-refractivity contribution in [3.05, 3.63) is 23.3 Å². The molecule has 5 rings (SSSR count). The quantitative estimate of drug-likeness (QED) is 0.395. The zero-order valence-corrected chi connectivity index (χ0v) is 23.1. The summed E-state index contributed by atoms with van der Waals surface area (Å²) in [5, 5.41) is 0. The van der Waals surface area contributed by atoms with Gasteiger partial charge in [0.1, 0.15) is 5.78 Å². The van der Waals surface area contributed by atoms with Gasteiger partial charge in [-0.25, -0.2) is 0 Å². The smallest absolute Gasteiger partial charge is 0.315 e. The van der Waals surface area contributed by atoms with E-state index in [1.165, 1.54) is 18.3 Å². The number of methoxy groups -OCH3 is 1. The van der Waals surface area contributed by atoms with Gasteiger partial charge in [0, 0.05) is 17.8 Å². The van der Waals surface area contributed by atoms with Crippen molar-refractivity contribution in [3.63, 3.8) is 0 Å². The normalized spacial score (nSPS) is 48.5. The molecule has 4 nitrogen and oxygen atoms in total. The van der Waals surface area contributed by atoms with Crippen LogP contribution in [0.5, 0.6) is 0 Å². The number of Topliss-reactive ketones (excluding diaryl/α,β-unsaturated/α-hetero) is 1. The molecule has 3 saturated carbocycles. The lowest BCUT2D eigenvalue weighted by Gasteiger charge is -2.68. The van der Waals surface area contributed by atoms with E-state index in [0.717, 1.165) is 44.9 Å². The highest BCUT2D eigenvalue weighted by molar-refractivity contribution is 5.97. The van der Waals surface area contributed by atoms with Crippen LogP contribution in [-0.4, -0.2) is 24.6 Å². The molecule has 7 atom stereocenters. The molecular weight excluding hydrogens is 436 g/mol. The van der Waals surface area contributed by atoms with E-state index in [1.807, 2.05) is 13.0 Å². The van der Waals surface area contributed by atoms with Crippen LogP contribution in [0.1, 0.15) is 99.8 Å². The van der Waals surface area contributed by atoms with Gasteiger partial charge >= 0.3 is 5.97 Å². The lowest BCUT2D eigenvalue weighted by molar-refractivity contribution is -0.182. The average molecular weight is 481 g/mol. The van der Waals surface area contributed by atoms with Crippen LogP contribution in [0.15, 0.2) is 23.3 Å². The van der Waals surface area contributed by atoms with E-state index in [0.29, 0.717) is 12.2 Å². The number of allylic oxidation sites excluding steroid dienone is 3. The topological polar surface area (TPSA) is 60.4 Å². The minimum atomic E-state index is -0.652. The van der Waals surface area contributed by atoms with E-state index >= 15 is 0 Å². The van der Waals surface area contributed by atoms with Crippen LogP contribution >= 0.6 is 0 Å². The van der Waals surface area contributed by atoms with E-state index in [9.17, 15) is 14.4 Å². The van der Waals surface area contributed by atoms with Gasteiger partial charge in [0.05, 0.1) is 12.5 Å². The third-order valence-electron chi connectivity index (χ3n) is 12.4. The standard InChI is InChI=1S/C31H44O4/c1-26(2)22-9-12-31(7)24(29(22,5)11-10-23(26)33)21(32)17-19-20-18-28(4,25(34)35-8)14-13-27(20,3)15-16-30(19,31)6/h17-18,22,24H,9-16H2,1-8H3/t22-,24-,27-,28+,29-,30+,31-/m1/s1. The molecule has 0 bridgehead atoms. The third kappa shape index (κ3) is 2.95. The molecule has 0 N–H and O–H groups in total. The second-order valence-electron chi connectivity index (χ2n) is 14.4. The summed E-state index contributed by atoms with van der Waals surface area (Å²) in [6, 6.07) is 0. The lowest BCUT2D eigenvalue weighted by Crippen LogP contribution is -2.65. The number of fused-ring (bicyclic) bond motifs is 7. The Bertz CT molecular complexity index is 1080. The average Bonchev–Trinajstić information content (AvgIpc) is 2.78. The summed E-state index contributed by atoms with van der Waals surface area (Å²) < 4.78 is 5.20. The van der Waals surface area contributed by atoms with Crippen molar-refractivity contribution in [2.45, 2.75) is 99.8 Å². The first-order valence-corrected chi connectivity index (χ1v) is 13.7. The second kappa shape index (κ2) is 7.19. The molecule has 0 aromatic heterocycles. The molecule has 0 spiro atoms. The molecule has 4 heteroatoms. The number of esters is 1. The summed E-state index contributed by atoms with van der Waals surface area (Å²) >= 11 is 0. The first-order valence-electron chi connectivity index (χ1n) is 13.7. The van der Waals surface area contributed by atoms with Gasteiger partial charge in [-0.1, -0.05) is 47.6 Å². The molecule has 0 radical (unpaired) electrons. The van der Waals surface area contributed by atoms with E-state index < -0.39 is 5.41 Å². The predicted molar refractivity (Wildman–Crippen MR) is 136 cm³/mol. The van der Waals surface area contributed by atoms with Crippen LogP contribution in [0.25, 0.3) is 0 Å². The monoisotopic (exact) mass is 480 g/mol. The molecule has 5 aliphatic rings. The number of hydrogen-bond acceptors (Lipinski definition) is 4. The number of ketones is 2. The minimum Gasteiger partial charge on any atom is -0.468 e. The predicted octanol–water partition coefficient (Wildman–Crippen LogP) is 6.63. The van der Waals surface area contributed by atoms with Crippen LogP contribution in [0.2, 0.25) is 0 Å². The van der Waals surface area contributed by atoms with E-state index in [4.69, 9.17) is 4.74 Å². The SMILES string of the molecule is COC(=O)[C@]1(C)C=C2C3=CC(=O)[C@@H]4[C@]5(C)CCC(=O)C(C)(C)[C@H]5CC[C@@]4(C)[C@@]3(C)CC[C@@]2(C)CC1. The molecule has 0 aromatic carbocycles. The van der Waals surface area contributed by atoms with E-state index in [1.54, 1.807) is 0 Å². The van der Waals surface area contributed by atoms with Crippen molar-refractivity contribution in [2.75, 3.05) is 7.11 Å². The molecule has 0 aromatic rings. The van der Waals surface area contributed by atoms with Crippen LogP contribution < -0.4 is 0 Å². The van der Waals surface area contributed by atoms with Crippen molar-refractivity contribution in [1.29, 1.82) is 0 Å². The highest BCUT2D eigenvalue weighted by Gasteiger charge is 2.69. The maximum absolute atomic E-state index is 14.2. The number of ether oxygens (including phenoxy) is 1. The van der Waals surface area contributed by atoms with Gasteiger partial charge in [0.25, 0.3) is 0 Å². The first kappa shape index (κ1) is 25.0. The van der Waals surface area contributed by atoms with Gasteiger partial charge < -0.3 is 4.74 Å². The van der Waals surface area contributed by atoms with Crippen LogP contribution in [-0.2, 0) is 19.1 Å². The summed E-state index contributed by atoms with van der Waals surface area (Å²) in [4.78, 5) is 39.9. The number of rotatable bonds is 1. The molecule has 0 unspecified atom stereocenters. The first-order chi connectivity index (χ1) is 16.1. The van der Waals surface area contributed by atoms with Crippen LogP contribution in [0.3, 0.4) is 0 Å². The maximum Gasteiger partial charge on any atom is 0.315 e. The summed E-state index contributed by atoms with van der Waals surface area (Å²) in [6.45, 7) is 15.6. The molecule has 35 heavy (non-hydrogen) atoms. The van der Waals surface area contributed by atoms with Gasteiger partial charge in [0.15, 0.2) is 5.78 Å². The molecular formula is C31H44O4. The molecule has 0 heterocycles. The highest BCUT2D eigenvalue weighted by atomic mass is 16.5. The van der Waals surface area contributed by atoms with Crippen LogP contribution in [0, 0.1) is 44.3 Å². The lowest BCUT2D eigenvalue weighted by atomic mass is 9.34. The van der Waals surface area contributed by atoms with Crippen molar-refractivity contribution in [3.8, 4) is 0 Å². The Hall–Kier alpha value is -1.71. The molecule has 3 fully saturated rings. The van der Waals surface area contributed by atoms with E-state index in [-0.39, 0.29) is 50.7 Å². The number of carbonyl (C=O) groups is 3. The molecule has 0 saturated heterocycles. The zero-order chi connectivity index (χ0) is 25.8. The fraction of sp³-hybridized carbons (Fsp3) is 0.774. The Morgan fingerprint density at radius 3 is 2.20 bits per heavy atom. The third-order valence-corrected chi connectivity index (χ3v) is 12.4. The van der Waals surface area contributed by atoms with Gasteiger partial charge in [-0.2, -0.15) is 0 Å². The van der Waals surface area contributed by atoms with Crippen molar-refractivity contribution >= 4 is 17.5 Å². The van der Waals surface area contributed by atoms with Gasteiger partial charge in [0.2, 0.25) is 0 Å². The molecule has 5 aliphatic carbocycles. The van der Waals surface area contributed by atoms with Gasteiger partial charge in [-0.15, -0.1) is 0 Å². The Morgan fingerprint density at radius 1 is 0.886 bits per heavy atom. The Labute approximate surface area is 211 Å². The maximum atomic E-state index is 14.2. The summed E-state index contributed by atoms with van der Waals surface area (Å²) in [7, 11) is 1.47. The van der Waals surface area contributed by atoms with Crippen molar-refractivity contribution in [1.82, 2.24) is 0 Å². The summed E-state index contributed by atoms with van der Waals surface area (Å²) in [5.41, 5.74) is 0.877. The Balaban J connectivity index is 1.67. The van der Waals surface area contributed by atoms with Crippen molar-refractivity contribution < 1.29 is 19.1 Å². The fourth-order valence-corrected chi connectivity index (χ4v) is 9.79. The second-order valence-corrected chi connectivity index (χ2v) is 14.4. The van der Waals surface area contributed by atoms with E-state index in [2.05, 4.69) is 47.6 Å². The number of carbonyl (C=O) groups excluding carboxylic acids is 3. The molecule has 192 valence electrons. The Morgan fingerprint density at radius 2 is 1.54 bits per heavy atom. The Kier molecular flexibility index (Phi) is 5.13. The zero-order valence-electron chi connectivity index (χ0n) is 23.1. The van der Waals surface area contributed by atoms with Gasteiger partial charge in [-0.3, -0.25) is 14.4 Å². The van der Waals surface area contributed by atoms with Crippen molar-refractivity contribution in [2.24, 2.45) is 44.3 Å². The molecule has 0 aliphatic heterocycles. The highest BCUT2D eigenvalue weighted by Crippen LogP contribution is 2.74.